The third-order valence-electron chi connectivity index (χ3n) is 1.95. The van der Waals surface area contributed by atoms with Gasteiger partial charge in [-0.05, 0) is 17.5 Å². The molecule has 6 heteroatoms. The topological polar surface area (TPSA) is 78.6 Å². The van der Waals surface area contributed by atoms with Crippen molar-refractivity contribution in [2.24, 2.45) is 0 Å². The van der Waals surface area contributed by atoms with Crippen LogP contribution in [-0.4, -0.2) is 14.3 Å². The summed E-state index contributed by atoms with van der Waals surface area (Å²) in [6, 6.07) is 0. The molecule has 0 radical (unpaired) electrons. The SMILES string of the molecule is CC(C)c1nsc2[nH]c(=O)[nH]c(=O)c12. The summed E-state index contributed by atoms with van der Waals surface area (Å²) in [6.07, 6.45) is 0. The zero-order valence-electron chi connectivity index (χ0n) is 7.75. The minimum Gasteiger partial charge on any atom is -0.297 e. The molecule has 0 unspecified atom stereocenters. The van der Waals surface area contributed by atoms with E-state index in [1.54, 1.807) is 0 Å². The van der Waals surface area contributed by atoms with Gasteiger partial charge < -0.3 is 0 Å². The van der Waals surface area contributed by atoms with Crippen LogP contribution >= 0.6 is 11.5 Å². The Morgan fingerprint density at radius 1 is 1.29 bits per heavy atom. The molecule has 0 spiro atoms. The molecule has 0 aliphatic carbocycles. The van der Waals surface area contributed by atoms with Crippen LogP contribution in [0.15, 0.2) is 9.59 Å². The lowest BCUT2D eigenvalue weighted by Gasteiger charge is -1.98. The first-order valence-corrected chi connectivity index (χ1v) is 4.99. The molecule has 0 bridgehead atoms. The number of hydrogen-bond donors (Lipinski definition) is 2. The summed E-state index contributed by atoms with van der Waals surface area (Å²) < 4.78 is 4.15. The lowest BCUT2D eigenvalue weighted by atomic mass is 10.1. The first-order valence-electron chi connectivity index (χ1n) is 4.21. The van der Waals surface area contributed by atoms with Gasteiger partial charge in [-0.2, -0.15) is 4.37 Å². The van der Waals surface area contributed by atoms with E-state index in [0.29, 0.717) is 10.2 Å². The smallest absolute Gasteiger partial charge is 0.297 e. The molecule has 2 rings (SSSR count). The van der Waals surface area contributed by atoms with E-state index < -0.39 is 5.69 Å². The summed E-state index contributed by atoms with van der Waals surface area (Å²) in [5, 5.41) is 0.504. The standard InChI is InChI=1S/C8H9N3O2S/c1-3(2)5-4-6(12)9-8(13)10-7(4)14-11-5/h3H,1-2H3,(H2,9,10,12,13). The highest BCUT2D eigenvalue weighted by Crippen LogP contribution is 2.22. The van der Waals surface area contributed by atoms with Crippen LogP contribution < -0.4 is 11.2 Å². The molecule has 0 saturated carbocycles. The molecular weight excluding hydrogens is 202 g/mol. The third-order valence-corrected chi connectivity index (χ3v) is 2.72. The van der Waals surface area contributed by atoms with Gasteiger partial charge in [0.05, 0.1) is 11.1 Å². The van der Waals surface area contributed by atoms with Crippen LogP contribution in [-0.2, 0) is 0 Å². The Kier molecular flexibility index (Phi) is 1.99. The van der Waals surface area contributed by atoms with Gasteiger partial charge in [0, 0.05) is 0 Å². The molecule has 74 valence electrons. The van der Waals surface area contributed by atoms with Gasteiger partial charge in [0.1, 0.15) is 4.83 Å². The van der Waals surface area contributed by atoms with Crippen molar-refractivity contribution in [1.29, 1.82) is 0 Å². The Hall–Kier alpha value is -1.43. The summed E-state index contributed by atoms with van der Waals surface area (Å²) in [6.45, 7) is 3.91. The van der Waals surface area contributed by atoms with E-state index in [-0.39, 0.29) is 11.5 Å². The number of fused-ring (bicyclic) bond motifs is 1. The Labute approximate surface area is 83.0 Å². The Bertz CT molecular complexity index is 578. The number of rotatable bonds is 1. The quantitative estimate of drug-likeness (QED) is 0.732. The van der Waals surface area contributed by atoms with E-state index in [9.17, 15) is 9.59 Å². The highest BCUT2D eigenvalue weighted by Gasteiger charge is 2.13. The number of aromatic amines is 2. The number of nitrogens with one attached hydrogen (secondary N) is 2. The minimum atomic E-state index is -0.485. The van der Waals surface area contributed by atoms with Crippen LogP contribution in [0, 0.1) is 0 Å². The maximum absolute atomic E-state index is 11.5. The molecule has 0 amide bonds. The van der Waals surface area contributed by atoms with Crippen molar-refractivity contribution < 1.29 is 0 Å². The molecule has 0 aliphatic rings. The molecule has 2 N–H and O–H groups in total. The van der Waals surface area contributed by atoms with Crippen molar-refractivity contribution in [3.05, 3.63) is 26.5 Å². The fourth-order valence-electron chi connectivity index (χ4n) is 1.30. The first kappa shape index (κ1) is 9.14. The first-order chi connectivity index (χ1) is 6.59. The van der Waals surface area contributed by atoms with Crippen LogP contribution in [0.1, 0.15) is 25.5 Å². The molecule has 14 heavy (non-hydrogen) atoms. The second-order valence-corrected chi connectivity index (χ2v) is 4.11. The molecular formula is C8H9N3O2S. The van der Waals surface area contributed by atoms with E-state index >= 15 is 0 Å². The van der Waals surface area contributed by atoms with Gasteiger partial charge in [-0.25, -0.2) is 4.79 Å². The molecule has 5 nitrogen and oxygen atoms in total. The van der Waals surface area contributed by atoms with E-state index in [1.807, 2.05) is 13.8 Å². The average molecular weight is 211 g/mol. The van der Waals surface area contributed by atoms with Gasteiger partial charge in [0.15, 0.2) is 0 Å². The second kappa shape index (κ2) is 3.06. The highest BCUT2D eigenvalue weighted by atomic mass is 32.1. The molecule has 2 aromatic rings. The largest absolute Gasteiger partial charge is 0.326 e. The fraction of sp³-hybridized carbons (Fsp3) is 0.375. The fourth-order valence-corrected chi connectivity index (χ4v) is 2.22. The van der Waals surface area contributed by atoms with Crippen LogP contribution in [0.25, 0.3) is 10.2 Å². The second-order valence-electron chi connectivity index (χ2n) is 3.33. The summed E-state index contributed by atoms with van der Waals surface area (Å²) in [7, 11) is 0. The summed E-state index contributed by atoms with van der Waals surface area (Å²) in [4.78, 5) is 27.7. The third kappa shape index (κ3) is 1.27. The molecule has 0 aliphatic heterocycles. The van der Waals surface area contributed by atoms with Gasteiger partial charge in [0.25, 0.3) is 5.56 Å². The number of aromatic nitrogens is 3. The Morgan fingerprint density at radius 3 is 2.64 bits per heavy atom. The van der Waals surface area contributed by atoms with E-state index in [1.165, 1.54) is 0 Å². The predicted molar refractivity (Wildman–Crippen MR) is 55.0 cm³/mol. The van der Waals surface area contributed by atoms with E-state index in [0.717, 1.165) is 17.2 Å². The van der Waals surface area contributed by atoms with Gasteiger partial charge in [0.2, 0.25) is 0 Å². The van der Waals surface area contributed by atoms with E-state index in [4.69, 9.17) is 0 Å². The minimum absolute atomic E-state index is 0.177. The monoisotopic (exact) mass is 211 g/mol. The molecule has 0 atom stereocenters. The van der Waals surface area contributed by atoms with Gasteiger partial charge in [-0.3, -0.25) is 14.8 Å². The van der Waals surface area contributed by atoms with Gasteiger partial charge in [-0.15, -0.1) is 0 Å². The van der Waals surface area contributed by atoms with Crippen LogP contribution in [0.3, 0.4) is 0 Å². The normalized spacial score (nSPS) is 11.4. The molecule has 0 fully saturated rings. The van der Waals surface area contributed by atoms with Gasteiger partial charge >= 0.3 is 5.69 Å². The Balaban J connectivity index is 2.93. The van der Waals surface area contributed by atoms with Crippen LogP contribution in [0.5, 0.6) is 0 Å². The van der Waals surface area contributed by atoms with Crippen molar-refractivity contribution in [3.8, 4) is 0 Å². The molecule has 0 aromatic carbocycles. The number of nitrogens with zero attached hydrogens (tertiary/aromatic N) is 1. The Morgan fingerprint density at radius 2 is 2.00 bits per heavy atom. The summed E-state index contributed by atoms with van der Waals surface area (Å²) >= 11 is 1.15. The zero-order valence-corrected chi connectivity index (χ0v) is 8.57. The summed E-state index contributed by atoms with van der Waals surface area (Å²) in [5.41, 5.74) is -0.106. The predicted octanol–water partition coefficient (Wildman–Crippen LogP) is 0.796. The molecule has 2 heterocycles. The van der Waals surface area contributed by atoms with Gasteiger partial charge in [-0.1, -0.05) is 13.8 Å². The van der Waals surface area contributed by atoms with Crippen molar-refractivity contribution >= 4 is 21.7 Å². The maximum Gasteiger partial charge on any atom is 0.326 e. The van der Waals surface area contributed by atoms with Crippen molar-refractivity contribution in [1.82, 2.24) is 14.3 Å². The van der Waals surface area contributed by atoms with Crippen molar-refractivity contribution in [2.45, 2.75) is 19.8 Å². The number of H-pyrrole nitrogens is 2. The summed E-state index contributed by atoms with van der Waals surface area (Å²) in [5.74, 6) is 0.177. The lowest BCUT2D eigenvalue weighted by molar-refractivity contribution is 0.847. The highest BCUT2D eigenvalue weighted by molar-refractivity contribution is 7.12. The lowest BCUT2D eigenvalue weighted by Crippen LogP contribution is -2.21. The maximum atomic E-state index is 11.5. The van der Waals surface area contributed by atoms with Crippen molar-refractivity contribution in [3.63, 3.8) is 0 Å². The molecule has 2 aromatic heterocycles. The van der Waals surface area contributed by atoms with Crippen LogP contribution in [0.2, 0.25) is 0 Å². The molecule has 0 saturated heterocycles. The number of hydrogen-bond acceptors (Lipinski definition) is 4. The van der Waals surface area contributed by atoms with Crippen molar-refractivity contribution in [2.75, 3.05) is 0 Å². The van der Waals surface area contributed by atoms with Crippen LogP contribution in [0.4, 0.5) is 0 Å². The zero-order chi connectivity index (χ0) is 10.3. The van der Waals surface area contributed by atoms with E-state index in [2.05, 4.69) is 14.3 Å². The average Bonchev–Trinajstić information content (AvgIpc) is 2.47.